The molecule has 1 aromatic carbocycles. The molecule has 0 aliphatic carbocycles. The molecule has 4 nitrogen and oxygen atoms in total. The lowest BCUT2D eigenvalue weighted by atomic mass is 10.0. The van der Waals surface area contributed by atoms with E-state index in [9.17, 15) is 0 Å². The molecule has 0 fully saturated rings. The van der Waals surface area contributed by atoms with Gasteiger partial charge in [0.15, 0.2) is 0 Å². The van der Waals surface area contributed by atoms with Crippen LogP contribution in [0.1, 0.15) is 50.7 Å². The fraction of sp³-hybridized carbons (Fsp3) is 0.500. The standard InChI is InChI=1S/C16H26N4/c1-4-6-9-12-19-18-16(15(5-2)20(19)17)14-11-8-7-10-13(14)3/h7-8,10-11,18H,4-6,9,12,17H2,1-3H3. The van der Waals surface area contributed by atoms with E-state index >= 15 is 0 Å². The summed E-state index contributed by atoms with van der Waals surface area (Å²) < 4.78 is 0. The summed E-state index contributed by atoms with van der Waals surface area (Å²) in [5.74, 6) is 6.23. The summed E-state index contributed by atoms with van der Waals surface area (Å²) in [6.45, 7) is 7.43. The molecule has 20 heavy (non-hydrogen) atoms. The molecule has 1 aromatic rings. The van der Waals surface area contributed by atoms with E-state index in [1.807, 2.05) is 5.12 Å². The number of nitrogens with one attached hydrogen (secondary N) is 1. The van der Waals surface area contributed by atoms with Crippen LogP contribution in [-0.2, 0) is 0 Å². The van der Waals surface area contributed by atoms with E-state index in [1.54, 1.807) is 5.12 Å². The summed E-state index contributed by atoms with van der Waals surface area (Å²) in [6.07, 6.45) is 4.51. The Morgan fingerprint density at radius 1 is 1.15 bits per heavy atom. The number of unbranched alkanes of at least 4 members (excludes halogenated alkanes) is 2. The molecule has 4 heteroatoms. The fourth-order valence-corrected chi connectivity index (χ4v) is 2.59. The first-order valence-electron chi connectivity index (χ1n) is 7.57. The molecule has 1 heterocycles. The zero-order valence-corrected chi connectivity index (χ0v) is 12.8. The van der Waals surface area contributed by atoms with E-state index < -0.39 is 0 Å². The smallest absolute Gasteiger partial charge is 0.0806 e. The van der Waals surface area contributed by atoms with Gasteiger partial charge in [0.25, 0.3) is 0 Å². The summed E-state index contributed by atoms with van der Waals surface area (Å²) in [6, 6.07) is 8.43. The van der Waals surface area contributed by atoms with Crippen LogP contribution in [0.25, 0.3) is 5.70 Å². The zero-order chi connectivity index (χ0) is 14.5. The van der Waals surface area contributed by atoms with Gasteiger partial charge in [0, 0.05) is 12.1 Å². The maximum absolute atomic E-state index is 6.23. The second-order valence-corrected chi connectivity index (χ2v) is 5.28. The van der Waals surface area contributed by atoms with Crippen molar-refractivity contribution in [2.75, 3.05) is 6.54 Å². The highest BCUT2D eigenvalue weighted by molar-refractivity contribution is 5.69. The molecule has 0 radical (unpaired) electrons. The lowest BCUT2D eigenvalue weighted by Gasteiger charge is -2.26. The van der Waals surface area contributed by atoms with E-state index in [4.69, 9.17) is 5.84 Å². The summed E-state index contributed by atoms with van der Waals surface area (Å²) in [4.78, 5) is 0. The van der Waals surface area contributed by atoms with Crippen molar-refractivity contribution >= 4 is 5.70 Å². The van der Waals surface area contributed by atoms with Gasteiger partial charge >= 0.3 is 0 Å². The summed E-state index contributed by atoms with van der Waals surface area (Å²) in [5.41, 5.74) is 8.27. The van der Waals surface area contributed by atoms with E-state index in [-0.39, 0.29) is 0 Å². The molecule has 0 spiro atoms. The Morgan fingerprint density at radius 3 is 2.55 bits per heavy atom. The first-order chi connectivity index (χ1) is 9.69. The number of rotatable bonds is 6. The van der Waals surface area contributed by atoms with Crippen LogP contribution in [0.3, 0.4) is 0 Å². The van der Waals surface area contributed by atoms with Gasteiger partial charge in [-0.1, -0.05) is 51.0 Å². The van der Waals surface area contributed by atoms with Gasteiger partial charge in [0.1, 0.15) is 0 Å². The molecule has 3 N–H and O–H groups in total. The summed E-state index contributed by atoms with van der Waals surface area (Å²) in [5, 5.41) is 3.80. The highest BCUT2D eigenvalue weighted by Crippen LogP contribution is 2.28. The zero-order valence-electron chi connectivity index (χ0n) is 12.8. The number of nitrogens with two attached hydrogens (primary N) is 1. The van der Waals surface area contributed by atoms with Crippen LogP contribution in [0, 0.1) is 6.92 Å². The Kier molecular flexibility index (Phi) is 5.04. The van der Waals surface area contributed by atoms with E-state index in [0.717, 1.165) is 30.8 Å². The molecule has 0 saturated carbocycles. The topological polar surface area (TPSA) is 44.5 Å². The quantitative estimate of drug-likeness (QED) is 0.618. The maximum Gasteiger partial charge on any atom is 0.0806 e. The normalized spacial score (nSPS) is 15.9. The molecule has 110 valence electrons. The molecule has 0 unspecified atom stereocenters. The summed E-state index contributed by atoms with van der Waals surface area (Å²) >= 11 is 0. The number of nitrogens with zero attached hydrogens (tertiary/aromatic N) is 2. The van der Waals surface area contributed by atoms with Gasteiger partial charge in [-0.2, -0.15) is 0 Å². The Hall–Kier alpha value is -1.52. The monoisotopic (exact) mass is 274 g/mol. The number of hydrazine groups is 3. The van der Waals surface area contributed by atoms with Crippen LogP contribution in [0.4, 0.5) is 0 Å². The minimum atomic E-state index is 0.914. The van der Waals surface area contributed by atoms with Gasteiger partial charge in [-0.3, -0.25) is 5.43 Å². The van der Waals surface area contributed by atoms with Crippen LogP contribution < -0.4 is 11.3 Å². The van der Waals surface area contributed by atoms with Crippen molar-refractivity contribution in [1.29, 1.82) is 0 Å². The Balaban J connectivity index is 2.19. The molecule has 0 saturated heterocycles. The summed E-state index contributed by atoms with van der Waals surface area (Å²) in [7, 11) is 0. The van der Waals surface area contributed by atoms with Crippen molar-refractivity contribution in [3.63, 3.8) is 0 Å². The van der Waals surface area contributed by atoms with Crippen molar-refractivity contribution < 1.29 is 0 Å². The second-order valence-electron chi connectivity index (χ2n) is 5.28. The Bertz CT molecular complexity index is 481. The van der Waals surface area contributed by atoms with Gasteiger partial charge < -0.3 is 0 Å². The minimum Gasteiger partial charge on any atom is -0.298 e. The molecular weight excluding hydrogens is 248 g/mol. The maximum atomic E-state index is 6.23. The van der Waals surface area contributed by atoms with Gasteiger partial charge in [0.05, 0.1) is 11.4 Å². The third kappa shape index (κ3) is 2.97. The van der Waals surface area contributed by atoms with Crippen molar-refractivity contribution in [3.05, 3.63) is 41.1 Å². The molecule has 0 bridgehead atoms. The third-order valence-electron chi connectivity index (χ3n) is 3.79. The first-order valence-corrected chi connectivity index (χ1v) is 7.57. The van der Waals surface area contributed by atoms with Crippen molar-refractivity contribution in [1.82, 2.24) is 15.7 Å². The van der Waals surface area contributed by atoms with Crippen LogP contribution >= 0.6 is 0 Å². The van der Waals surface area contributed by atoms with E-state index in [0.29, 0.717) is 0 Å². The van der Waals surface area contributed by atoms with Crippen molar-refractivity contribution in [2.45, 2.75) is 46.5 Å². The van der Waals surface area contributed by atoms with E-state index in [1.165, 1.54) is 24.0 Å². The van der Waals surface area contributed by atoms with Gasteiger partial charge in [-0.05, 0) is 25.3 Å². The predicted molar refractivity (Wildman–Crippen MR) is 83.8 cm³/mol. The van der Waals surface area contributed by atoms with Crippen LogP contribution in [0.2, 0.25) is 0 Å². The third-order valence-corrected chi connectivity index (χ3v) is 3.79. The molecule has 0 atom stereocenters. The number of hydrogen-bond donors (Lipinski definition) is 2. The second kappa shape index (κ2) is 6.77. The molecule has 1 aliphatic heterocycles. The molecule has 0 amide bonds. The molecule has 0 aromatic heterocycles. The number of allylic oxidation sites excluding steroid dienone is 1. The largest absolute Gasteiger partial charge is 0.298 e. The molecular formula is C16H26N4. The number of hydrogen-bond acceptors (Lipinski definition) is 4. The van der Waals surface area contributed by atoms with Crippen LogP contribution in [0.5, 0.6) is 0 Å². The van der Waals surface area contributed by atoms with Gasteiger partial charge in [-0.25, -0.2) is 11.0 Å². The highest BCUT2D eigenvalue weighted by atomic mass is 15.9. The van der Waals surface area contributed by atoms with Crippen LogP contribution in [0.15, 0.2) is 30.0 Å². The lowest BCUT2D eigenvalue weighted by Crippen LogP contribution is -2.47. The highest BCUT2D eigenvalue weighted by Gasteiger charge is 2.27. The lowest BCUT2D eigenvalue weighted by molar-refractivity contribution is -0.00619. The first kappa shape index (κ1) is 14.9. The molecule has 1 aliphatic rings. The molecule has 2 rings (SSSR count). The van der Waals surface area contributed by atoms with Gasteiger partial charge in [-0.15, -0.1) is 5.12 Å². The Morgan fingerprint density at radius 2 is 1.90 bits per heavy atom. The average molecular weight is 274 g/mol. The van der Waals surface area contributed by atoms with Crippen molar-refractivity contribution in [3.8, 4) is 0 Å². The predicted octanol–water partition coefficient (Wildman–Crippen LogP) is 3.17. The number of benzene rings is 1. The minimum absolute atomic E-state index is 0.914. The van der Waals surface area contributed by atoms with Gasteiger partial charge in [0.2, 0.25) is 0 Å². The average Bonchev–Trinajstić information content (AvgIpc) is 2.76. The SMILES string of the molecule is CCCCCN1NC(c2ccccc2C)=C(CC)N1N. The Labute approximate surface area is 122 Å². The van der Waals surface area contributed by atoms with Crippen molar-refractivity contribution in [2.24, 2.45) is 5.84 Å². The fourth-order valence-electron chi connectivity index (χ4n) is 2.59. The van der Waals surface area contributed by atoms with E-state index in [2.05, 4.69) is 50.5 Å². The number of aryl methyl sites for hydroxylation is 1. The van der Waals surface area contributed by atoms with Crippen LogP contribution in [-0.4, -0.2) is 16.8 Å².